The van der Waals surface area contributed by atoms with Crippen LogP contribution in [0.25, 0.3) is 11.3 Å². The van der Waals surface area contributed by atoms with Gasteiger partial charge in [0.25, 0.3) is 0 Å². The predicted octanol–water partition coefficient (Wildman–Crippen LogP) is 4.50. The van der Waals surface area contributed by atoms with Crippen LogP contribution in [0.2, 0.25) is 5.02 Å². The van der Waals surface area contributed by atoms with Crippen LogP contribution in [-0.2, 0) is 0 Å². The number of halogens is 4. The number of ether oxygens (including phenoxy) is 1. The lowest BCUT2D eigenvalue weighted by Crippen LogP contribution is -2.17. The molecule has 2 aromatic rings. The minimum atomic E-state index is -4.77. The molecule has 17 heavy (non-hydrogen) atoms. The molecule has 0 aliphatic heterocycles. The third kappa shape index (κ3) is 2.74. The van der Waals surface area contributed by atoms with Gasteiger partial charge in [-0.3, -0.25) is 0 Å². The first-order valence-corrected chi connectivity index (χ1v) is 4.93. The van der Waals surface area contributed by atoms with Gasteiger partial charge in [0.2, 0.25) is 0 Å². The van der Waals surface area contributed by atoms with Crippen molar-refractivity contribution >= 4 is 11.6 Å². The van der Waals surface area contributed by atoms with Crippen molar-refractivity contribution in [1.82, 2.24) is 0 Å². The maximum atomic E-state index is 12.2. The highest BCUT2D eigenvalue weighted by Crippen LogP contribution is 2.38. The van der Waals surface area contributed by atoms with Crippen LogP contribution in [-0.4, -0.2) is 6.36 Å². The van der Waals surface area contributed by atoms with Gasteiger partial charge < -0.3 is 9.15 Å². The average Bonchev–Trinajstić information content (AvgIpc) is 2.68. The van der Waals surface area contributed by atoms with Gasteiger partial charge in [-0.25, -0.2) is 0 Å². The van der Waals surface area contributed by atoms with E-state index in [1.807, 2.05) is 0 Å². The molecule has 1 aromatic heterocycles. The van der Waals surface area contributed by atoms with Crippen molar-refractivity contribution in [2.24, 2.45) is 0 Å². The van der Waals surface area contributed by atoms with Gasteiger partial charge in [-0.15, -0.1) is 13.2 Å². The molecular weight excluding hydrogens is 257 g/mol. The Kier molecular flexibility index (Phi) is 3.02. The number of hydrogen-bond donors (Lipinski definition) is 0. The molecule has 0 aliphatic carbocycles. The van der Waals surface area contributed by atoms with E-state index in [4.69, 9.17) is 16.0 Å². The highest BCUT2D eigenvalue weighted by atomic mass is 35.5. The van der Waals surface area contributed by atoms with E-state index < -0.39 is 6.36 Å². The van der Waals surface area contributed by atoms with Crippen molar-refractivity contribution < 1.29 is 22.3 Å². The van der Waals surface area contributed by atoms with E-state index in [0.717, 1.165) is 0 Å². The van der Waals surface area contributed by atoms with Crippen molar-refractivity contribution in [3.63, 3.8) is 0 Å². The molecule has 0 spiro atoms. The summed E-state index contributed by atoms with van der Waals surface area (Å²) in [4.78, 5) is 0. The van der Waals surface area contributed by atoms with Crippen LogP contribution >= 0.6 is 11.6 Å². The molecule has 6 heteroatoms. The number of alkyl halides is 3. The van der Waals surface area contributed by atoms with Gasteiger partial charge in [-0.2, -0.15) is 0 Å². The Hall–Kier alpha value is -1.62. The van der Waals surface area contributed by atoms with Gasteiger partial charge in [-0.1, -0.05) is 17.7 Å². The largest absolute Gasteiger partial charge is 0.573 e. The zero-order valence-electron chi connectivity index (χ0n) is 8.29. The molecule has 0 bridgehead atoms. The third-order valence-electron chi connectivity index (χ3n) is 1.97. The fourth-order valence-electron chi connectivity index (χ4n) is 1.37. The Balaban J connectivity index is 2.49. The first kappa shape index (κ1) is 11.9. The molecule has 0 aliphatic rings. The van der Waals surface area contributed by atoms with Gasteiger partial charge >= 0.3 is 6.36 Å². The summed E-state index contributed by atoms with van der Waals surface area (Å²) in [5, 5.41) is 0.127. The lowest BCUT2D eigenvalue weighted by Gasteiger charge is -2.12. The van der Waals surface area contributed by atoms with E-state index in [2.05, 4.69) is 4.74 Å². The topological polar surface area (TPSA) is 22.4 Å². The minimum Gasteiger partial charge on any atom is -0.464 e. The second-order valence-electron chi connectivity index (χ2n) is 3.14. The molecule has 1 aromatic carbocycles. The van der Waals surface area contributed by atoms with Gasteiger partial charge in [0.15, 0.2) is 0 Å². The molecule has 2 nitrogen and oxygen atoms in total. The summed E-state index contributed by atoms with van der Waals surface area (Å²) in [6, 6.07) is 7.07. The third-order valence-corrected chi connectivity index (χ3v) is 2.28. The fourth-order valence-corrected chi connectivity index (χ4v) is 1.63. The molecule has 0 radical (unpaired) electrons. The maximum Gasteiger partial charge on any atom is 0.573 e. The van der Waals surface area contributed by atoms with Crippen molar-refractivity contribution in [2.75, 3.05) is 0 Å². The molecule has 0 fully saturated rings. The molecule has 0 amide bonds. The van der Waals surface area contributed by atoms with E-state index in [-0.39, 0.29) is 22.1 Å². The predicted molar refractivity (Wildman–Crippen MR) is 55.8 cm³/mol. The first-order chi connectivity index (χ1) is 7.97. The molecule has 2 rings (SSSR count). The molecule has 0 atom stereocenters. The minimum absolute atomic E-state index is 0.0801. The quantitative estimate of drug-likeness (QED) is 0.795. The summed E-state index contributed by atoms with van der Waals surface area (Å²) in [5.41, 5.74) is 0.0801. The van der Waals surface area contributed by atoms with Crippen LogP contribution < -0.4 is 4.74 Å². The number of furan rings is 1. The maximum absolute atomic E-state index is 12.2. The van der Waals surface area contributed by atoms with Crippen LogP contribution in [0, 0.1) is 0 Å². The Morgan fingerprint density at radius 2 is 1.88 bits per heavy atom. The van der Waals surface area contributed by atoms with Crippen LogP contribution in [0.5, 0.6) is 5.75 Å². The molecule has 0 N–H and O–H groups in total. The summed E-state index contributed by atoms with van der Waals surface area (Å²) in [6.07, 6.45) is -3.43. The van der Waals surface area contributed by atoms with Crippen molar-refractivity contribution in [3.05, 3.63) is 41.6 Å². The number of benzene rings is 1. The fraction of sp³-hybridized carbons (Fsp3) is 0.0909. The Morgan fingerprint density at radius 1 is 1.12 bits per heavy atom. The van der Waals surface area contributed by atoms with Crippen LogP contribution in [0.4, 0.5) is 13.2 Å². The second kappa shape index (κ2) is 4.33. The lowest BCUT2D eigenvalue weighted by molar-refractivity contribution is -0.274. The summed E-state index contributed by atoms with van der Waals surface area (Å²) in [5.74, 6) is -0.171. The van der Waals surface area contributed by atoms with Gasteiger partial charge in [-0.05, 0) is 24.3 Å². The SMILES string of the molecule is FC(F)(F)Oc1cccc(Cl)c1-c1ccco1. The van der Waals surface area contributed by atoms with Crippen LogP contribution in [0.15, 0.2) is 41.0 Å². The molecule has 1 heterocycles. The van der Waals surface area contributed by atoms with E-state index in [9.17, 15) is 13.2 Å². The zero-order chi connectivity index (χ0) is 12.5. The van der Waals surface area contributed by atoms with Gasteiger partial charge in [0.1, 0.15) is 11.5 Å². The molecule has 0 unspecified atom stereocenters. The van der Waals surface area contributed by atoms with Crippen LogP contribution in [0.1, 0.15) is 0 Å². The summed E-state index contributed by atoms with van der Waals surface area (Å²) < 4.78 is 45.5. The Morgan fingerprint density at radius 3 is 2.47 bits per heavy atom. The van der Waals surface area contributed by atoms with Crippen LogP contribution in [0.3, 0.4) is 0 Å². The highest BCUT2D eigenvalue weighted by molar-refractivity contribution is 6.33. The average molecular weight is 263 g/mol. The van der Waals surface area contributed by atoms with E-state index in [0.29, 0.717) is 0 Å². The lowest BCUT2D eigenvalue weighted by atomic mass is 10.1. The van der Waals surface area contributed by atoms with Crippen molar-refractivity contribution in [3.8, 4) is 17.1 Å². The van der Waals surface area contributed by atoms with Gasteiger partial charge in [0.05, 0.1) is 16.8 Å². The normalized spacial score (nSPS) is 11.5. The van der Waals surface area contributed by atoms with E-state index in [1.54, 1.807) is 6.07 Å². The summed E-state index contributed by atoms with van der Waals surface area (Å²) >= 11 is 5.84. The molecule has 0 saturated heterocycles. The second-order valence-corrected chi connectivity index (χ2v) is 3.55. The van der Waals surface area contributed by atoms with Crippen molar-refractivity contribution in [2.45, 2.75) is 6.36 Å². The number of rotatable bonds is 2. The number of hydrogen-bond acceptors (Lipinski definition) is 2. The van der Waals surface area contributed by atoms with Gasteiger partial charge in [0, 0.05) is 0 Å². The zero-order valence-corrected chi connectivity index (χ0v) is 9.05. The highest BCUT2D eigenvalue weighted by Gasteiger charge is 2.33. The van der Waals surface area contributed by atoms with Crippen molar-refractivity contribution in [1.29, 1.82) is 0 Å². The van der Waals surface area contributed by atoms with E-state index in [1.165, 1.54) is 30.5 Å². The van der Waals surface area contributed by atoms with E-state index >= 15 is 0 Å². The standard InChI is InChI=1S/C11H6ClF3O2/c12-7-3-1-4-9(17-11(13,14)15)10(7)8-5-2-6-16-8/h1-6H. The summed E-state index contributed by atoms with van der Waals surface area (Å²) in [6.45, 7) is 0. The Bertz CT molecular complexity index is 506. The monoisotopic (exact) mass is 262 g/mol. The Labute approximate surface area is 99.6 Å². The molecule has 0 saturated carbocycles. The summed E-state index contributed by atoms with van der Waals surface area (Å²) in [7, 11) is 0. The first-order valence-electron chi connectivity index (χ1n) is 4.55. The molecular formula is C11H6ClF3O2. The molecule has 90 valence electrons. The smallest absolute Gasteiger partial charge is 0.464 e.